The molecule has 2 aromatic carbocycles. The minimum absolute atomic E-state index is 0.268. The van der Waals surface area contributed by atoms with E-state index in [0.717, 1.165) is 5.56 Å². The van der Waals surface area contributed by atoms with Crippen LogP contribution in [0.4, 0.5) is 5.69 Å². The first-order chi connectivity index (χ1) is 13.0. The smallest absolute Gasteiger partial charge is 0.265 e. The number of amides is 2. The fraction of sp³-hybridized carbons (Fsp3) is 0.333. The zero-order valence-corrected chi connectivity index (χ0v) is 16.0. The first kappa shape index (κ1) is 20.5. The van der Waals surface area contributed by atoms with Crippen molar-refractivity contribution >= 4 is 17.5 Å². The van der Waals surface area contributed by atoms with E-state index in [9.17, 15) is 9.59 Å². The van der Waals surface area contributed by atoms with Crippen LogP contribution in [0.3, 0.4) is 0 Å². The third-order valence-electron chi connectivity index (χ3n) is 3.95. The summed E-state index contributed by atoms with van der Waals surface area (Å²) in [6.45, 7) is 4.66. The maximum atomic E-state index is 12.7. The van der Waals surface area contributed by atoms with Gasteiger partial charge in [0.05, 0.1) is 17.9 Å². The summed E-state index contributed by atoms with van der Waals surface area (Å²) in [5, 5.41) is 5.57. The quantitative estimate of drug-likeness (QED) is 0.665. The number of hydrogen-bond donors (Lipinski definition) is 2. The fourth-order valence-corrected chi connectivity index (χ4v) is 2.54. The summed E-state index contributed by atoms with van der Waals surface area (Å²) in [7, 11) is 1.57. The molecule has 0 saturated heterocycles. The zero-order valence-electron chi connectivity index (χ0n) is 16.0. The first-order valence-corrected chi connectivity index (χ1v) is 8.95. The lowest BCUT2D eigenvalue weighted by Gasteiger charge is -2.18. The highest BCUT2D eigenvalue weighted by atomic mass is 16.5. The van der Waals surface area contributed by atoms with Crippen LogP contribution in [0.5, 0.6) is 5.75 Å². The average molecular weight is 370 g/mol. The van der Waals surface area contributed by atoms with Crippen molar-refractivity contribution in [3.63, 3.8) is 0 Å². The molecule has 6 nitrogen and oxygen atoms in total. The first-order valence-electron chi connectivity index (χ1n) is 8.95. The highest BCUT2D eigenvalue weighted by Crippen LogP contribution is 2.19. The SMILES string of the molecule is CC[C@@H](Oc1cccc(C)c1)C(=O)Nc1ccccc1C(=O)NCCOC. The van der Waals surface area contributed by atoms with Gasteiger partial charge < -0.3 is 20.1 Å². The minimum atomic E-state index is -0.656. The number of hydrogen-bond acceptors (Lipinski definition) is 4. The van der Waals surface area contributed by atoms with Gasteiger partial charge in [-0.05, 0) is 43.2 Å². The van der Waals surface area contributed by atoms with Gasteiger partial charge in [-0.25, -0.2) is 0 Å². The summed E-state index contributed by atoms with van der Waals surface area (Å²) in [5.74, 6) is 0.0781. The molecule has 1 atom stereocenters. The van der Waals surface area contributed by atoms with E-state index in [4.69, 9.17) is 9.47 Å². The molecule has 0 heterocycles. The number of rotatable bonds is 9. The molecule has 144 valence electrons. The molecule has 0 unspecified atom stereocenters. The number of anilines is 1. The Balaban J connectivity index is 2.08. The summed E-state index contributed by atoms with van der Waals surface area (Å²) in [6.07, 6.45) is -0.154. The second kappa shape index (κ2) is 10.3. The van der Waals surface area contributed by atoms with E-state index in [0.29, 0.717) is 36.6 Å². The van der Waals surface area contributed by atoms with Crippen LogP contribution in [-0.4, -0.2) is 38.2 Å². The third-order valence-corrected chi connectivity index (χ3v) is 3.95. The Hall–Kier alpha value is -2.86. The van der Waals surface area contributed by atoms with Crippen molar-refractivity contribution in [2.45, 2.75) is 26.4 Å². The van der Waals surface area contributed by atoms with E-state index in [1.54, 1.807) is 31.4 Å². The number of nitrogens with one attached hydrogen (secondary N) is 2. The molecule has 2 N–H and O–H groups in total. The Morgan fingerprint density at radius 3 is 2.59 bits per heavy atom. The summed E-state index contributed by atoms with van der Waals surface area (Å²) in [4.78, 5) is 25.0. The van der Waals surface area contributed by atoms with Crippen LogP contribution >= 0.6 is 0 Å². The number of ether oxygens (including phenoxy) is 2. The molecule has 0 bridgehead atoms. The molecule has 0 spiro atoms. The Morgan fingerprint density at radius 1 is 1.11 bits per heavy atom. The lowest BCUT2D eigenvalue weighted by molar-refractivity contribution is -0.122. The monoisotopic (exact) mass is 370 g/mol. The molecule has 2 rings (SSSR count). The summed E-state index contributed by atoms with van der Waals surface area (Å²) in [6, 6.07) is 14.4. The summed E-state index contributed by atoms with van der Waals surface area (Å²) in [5.41, 5.74) is 1.90. The predicted molar refractivity (Wildman–Crippen MR) is 105 cm³/mol. The van der Waals surface area contributed by atoms with E-state index >= 15 is 0 Å². The van der Waals surface area contributed by atoms with Crippen LogP contribution in [0.25, 0.3) is 0 Å². The van der Waals surface area contributed by atoms with Gasteiger partial charge in [0.2, 0.25) is 0 Å². The van der Waals surface area contributed by atoms with Crippen molar-refractivity contribution in [1.82, 2.24) is 5.32 Å². The molecular formula is C21H26N2O4. The normalized spacial score (nSPS) is 11.5. The molecular weight excluding hydrogens is 344 g/mol. The minimum Gasteiger partial charge on any atom is -0.481 e. The molecule has 0 aliphatic heterocycles. The standard InChI is InChI=1S/C21H26N2O4/c1-4-19(27-16-9-7-8-15(2)14-16)21(25)23-18-11-6-5-10-17(18)20(24)22-12-13-26-3/h5-11,14,19H,4,12-13H2,1-3H3,(H,22,24)(H,23,25)/t19-/m1/s1. The molecule has 2 amide bonds. The van der Waals surface area contributed by atoms with Gasteiger partial charge in [-0.3, -0.25) is 9.59 Å². The van der Waals surface area contributed by atoms with Crippen molar-refractivity contribution in [3.05, 3.63) is 59.7 Å². The summed E-state index contributed by atoms with van der Waals surface area (Å²) >= 11 is 0. The van der Waals surface area contributed by atoms with Crippen LogP contribution in [0.2, 0.25) is 0 Å². The van der Waals surface area contributed by atoms with E-state index in [1.165, 1.54) is 0 Å². The van der Waals surface area contributed by atoms with E-state index < -0.39 is 6.10 Å². The molecule has 6 heteroatoms. The lowest BCUT2D eigenvalue weighted by atomic mass is 10.1. The number of methoxy groups -OCH3 is 1. The van der Waals surface area contributed by atoms with Crippen LogP contribution in [-0.2, 0) is 9.53 Å². The number of para-hydroxylation sites is 1. The largest absolute Gasteiger partial charge is 0.481 e. The van der Waals surface area contributed by atoms with Gasteiger partial charge in [-0.1, -0.05) is 31.2 Å². The molecule has 2 aromatic rings. The maximum Gasteiger partial charge on any atom is 0.265 e. The third kappa shape index (κ3) is 6.11. The van der Waals surface area contributed by atoms with Crippen LogP contribution in [0.15, 0.2) is 48.5 Å². The maximum absolute atomic E-state index is 12.7. The van der Waals surface area contributed by atoms with Gasteiger partial charge in [-0.2, -0.15) is 0 Å². The number of carbonyl (C=O) groups is 2. The van der Waals surface area contributed by atoms with Gasteiger partial charge in [0.25, 0.3) is 11.8 Å². The number of aryl methyl sites for hydroxylation is 1. The Kier molecular flexibility index (Phi) is 7.82. The number of benzene rings is 2. The van der Waals surface area contributed by atoms with Gasteiger partial charge in [0.15, 0.2) is 6.10 Å². The molecule has 27 heavy (non-hydrogen) atoms. The number of carbonyl (C=O) groups excluding carboxylic acids is 2. The van der Waals surface area contributed by atoms with Gasteiger partial charge in [0, 0.05) is 13.7 Å². The van der Waals surface area contributed by atoms with Crippen molar-refractivity contribution in [2.75, 3.05) is 25.6 Å². The fourth-order valence-electron chi connectivity index (χ4n) is 2.54. The van der Waals surface area contributed by atoms with Crippen LogP contribution in [0.1, 0.15) is 29.3 Å². The molecule has 0 saturated carbocycles. The van der Waals surface area contributed by atoms with Crippen molar-refractivity contribution in [1.29, 1.82) is 0 Å². The van der Waals surface area contributed by atoms with Gasteiger partial charge in [-0.15, -0.1) is 0 Å². The predicted octanol–water partition coefficient (Wildman–Crippen LogP) is 3.17. The van der Waals surface area contributed by atoms with E-state index in [1.807, 2.05) is 38.1 Å². The van der Waals surface area contributed by atoms with E-state index in [-0.39, 0.29) is 11.8 Å². The summed E-state index contributed by atoms with van der Waals surface area (Å²) < 4.78 is 10.8. The highest BCUT2D eigenvalue weighted by Gasteiger charge is 2.21. The molecule has 0 aliphatic rings. The highest BCUT2D eigenvalue weighted by molar-refractivity contribution is 6.04. The van der Waals surface area contributed by atoms with Crippen LogP contribution < -0.4 is 15.4 Å². The van der Waals surface area contributed by atoms with Crippen molar-refractivity contribution < 1.29 is 19.1 Å². The van der Waals surface area contributed by atoms with Crippen molar-refractivity contribution in [3.8, 4) is 5.75 Å². The zero-order chi connectivity index (χ0) is 19.6. The molecule has 0 aromatic heterocycles. The second-order valence-electron chi connectivity index (χ2n) is 6.11. The topological polar surface area (TPSA) is 76.7 Å². The molecule has 0 fully saturated rings. The van der Waals surface area contributed by atoms with E-state index in [2.05, 4.69) is 10.6 Å². The Labute approximate surface area is 159 Å². The Morgan fingerprint density at radius 2 is 1.89 bits per heavy atom. The Bertz CT molecular complexity index is 776. The molecule has 0 radical (unpaired) electrons. The molecule has 0 aliphatic carbocycles. The second-order valence-corrected chi connectivity index (χ2v) is 6.11. The van der Waals surface area contributed by atoms with Gasteiger partial charge in [0.1, 0.15) is 5.75 Å². The average Bonchev–Trinajstić information content (AvgIpc) is 2.66. The van der Waals surface area contributed by atoms with Crippen LogP contribution in [0, 0.1) is 6.92 Å². The van der Waals surface area contributed by atoms with Crippen molar-refractivity contribution in [2.24, 2.45) is 0 Å². The lowest BCUT2D eigenvalue weighted by Crippen LogP contribution is -2.34. The van der Waals surface area contributed by atoms with Gasteiger partial charge >= 0.3 is 0 Å².